The summed E-state index contributed by atoms with van der Waals surface area (Å²) >= 11 is 0. The van der Waals surface area contributed by atoms with Crippen molar-refractivity contribution >= 4 is 16.7 Å². The van der Waals surface area contributed by atoms with Crippen LogP contribution in [0.4, 0.5) is 4.39 Å². The van der Waals surface area contributed by atoms with E-state index < -0.39 is 17.0 Å². The summed E-state index contributed by atoms with van der Waals surface area (Å²) in [5.41, 5.74) is 0.443. The predicted molar refractivity (Wildman–Crippen MR) is 77.0 cm³/mol. The first-order valence-corrected chi connectivity index (χ1v) is 8.27. The van der Waals surface area contributed by atoms with Crippen LogP contribution in [0.25, 0.3) is 0 Å². The number of carbonyl (C=O) groups is 1. The van der Waals surface area contributed by atoms with Gasteiger partial charge in [0.25, 0.3) is 0 Å². The van der Waals surface area contributed by atoms with E-state index in [1.54, 1.807) is 36.3 Å². The van der Waals surface area contributed by atoms with E-state index in [1.807, 2.05) is 6.92 Å². The Morgan fingerprint density at radius 1 is 1.45 bits per heavy atom. The van der Waals surface area contributed by atoms with E-state index in [2.05, 4.69) is 5.32 Å². The summed E-state index contributed by atoms with van der Waals surface area (Å²) in [5.74, 6) is -0.0524. The normalized spacial score (nSPS) is 25.8. The molecule has 2 rings (SSSR count). The second-order valence-electron chi connectivity index (χ2n) is 5.15. The molecule has 0 aromatic heterocycles. The third-order valence-electron chi connectivity index (χ3n) is 3.46. The molecular formula is C14H19FN2O2S. The number of hydrogen-bond donors (Lipinski definition) is 1. The van der Waals surface area contributed by atoms with Crippen molar-refractivity contribution in [3.8, 4) is 0 Å². The van der Waals surface area contributed by atoms with Crippen LogP contribution in [0.5, 0.6) is 0 Å². The van der Waals surface area contributed by atoms with Gasteiger partial charge >= 0.3 is 0 Å². The summed E-state index contributed by atoms with van der Waals surface area (Å²) in [7, 11) is -1.01. The monoisotopic (exact) mass is 298 g/mol. The zero-order chi connectivity index (χ0) is 14.9. The van der Waals surface area contributed by atoms with Crippen LogP contribution in [0.2, 0.25) is 0 Å². The van der Waals surface area contributed by atoms with E-state index in [-0.39, 0.29) is 23.8 Å². The highest BCUT2D eigenvalue weighted by Gasteiger charge is 2.40. The van der Waals surface area contributed by atoms with Crippen molar-refractivity contribution in [2.24, 2.45) is 0 Å². The molecule has 110 valence electrons. The topological polar surface area (TPSA) is 49.4 Å². The molecule has 4 unspecified atom stereocenters. The van der Waals surface area contributed by atoms with Gasteiger partial charge in [-0.1, -0.05) is 18.2 Å². The molecular weight excluding hydrogens is 279 g/mol. The fraction of sp³-hybridized carbons (Fsp3) is 0.500. The molecule has 1 aliphatic heterocycles. The lowest BCUT2D eigenvalue weighted by molar-refractivity contribution is -0.131. The predicted octanol–water partition coefficient (Wildman–Crippen LogP) is 1.41. The van der Waals surface area contributed by atoms with Crippen LogP contribution in [0, 0.1) is 5.82 Å². The molecule has 4 atom stereocenters. The van der Waals surface area contributed by atoms with Crippen LogP contribution < -0.4 is 5.32 Å². The van der Waals surface area contributed by atoms with Crippen LogP contribution >= 0.6 is 0 Å². The molecule has 1 saturated heterocycles. The van der Waals surface area contributed by atoms with Crippen LogP contribution in [-0.4, -0.2) is 39.1 Å². The minimum Gasteiger partial charge on any atom is -0.318 e. The molecule has 6 heteroatoms. The summed E-state index contributed by atoms with van der Waals surface area (Å²) in [6.07, 6.45) is 1.10. The Kier molecular flexibility index (Phi) is 4.55. The zero-order valence-electron chi connectivity index (χ0n) is 11.8. The average Bonchev–Trinajstić information content (AvgIpc) is 2.65. The fourth-order valence-corrected chi connectivity index (χ4v) is 3.41. The number of rotatable bonds is 4. The van der Waals surface area contributed by atoms with E-state index in [9.17, 15) is 13.4 Å². The highest BCUT2D eigenvalue weighted by molar-refractivity contribution is 7.84. The molecule has 4 nitrogen and oxygen atoms in total. The number of hydrogen-bond acceptors (Lipinski definition) is 3. The van der Waals surface area contributed by atoms with Gasteiger partial charge in [-0.2, -0.15) is 0 Å². The highest BCUT2D eigenvalue weighted by Crippen LogP contribution is 2.29. The second-order valence-corrected chi connectivity index (χ2v) is 6.63. The maximum atomic E-state index is 14.0. The Bertz CT molecular complexity index is 538. The van der Waals surface area contributed by atoms with Crippen LogP contribution in [0.15, 0.2) is 24.3 Å². The van der Waals surface area contributed by atoms with Crippen molar-refractivity contribution in [1.82, 2.24) is 10.2 Å². The molecule has 1 aromatic rings. The Hall–Kier alpha value is -1.27. The number of nitrogens with zero attached hydrogens (tertiary/aromatic N) is 1. The van der Waals surface area contributed by atoms with Gasteiger partial charge in [0.1, 0.15) is 12.0 Å². The lowest BCUT2D eigenvalue weighted by Gasteiger charge is -2.30. The lowest BCUT2D eigenvalue weighted by atomic mass is 10.1. The van der Waals surface area contributed by atoms with Gasteiger partial charge in [0.15, 0.2) is 0 Å². The van der Waals surface area contributed by atoms with Gasteiger partial charge in [0.05, 0.1) is 6.04 Å². The Morgan fingerprint density at radius 2 is 2.10 bits per heavy atom. The third-order valence-corrected chi connectivity index (χ3v) is 4.41. The summed E-state index contributed by atoms with van der Waals surface area (Å²) in [4.78, 5) is 13.9. The number of halogens is 1. The van der Waals surface area contributed by atoms with Crippen molar-refractivity contribution in [3.05, 3.63) is 35.6 Å². The maximum absolute atomic E-state index is 14.0. The molecule has 0 spiro atoms. The van der Waals surface area contributed by atoms with Gasteiger partial charge in [0, 0.05) is 34.4 Å². The van der Waals surface area contributed by atoms with E-state index in [0.717, 1.165) is 0 Å². The van der Waals surface area contributed by atoms with E-state index in [4.69, 9.17) is 0 Å². The SMILES string of the molecule is CC1NC(c2ccccc2F)N(C(C)CS(C)=O)C1=O. The Morgan fingerprint density at radius 3 is 2.70 bits per heavy atom. The molecule has 1 aromatic carbocycles. The largest absolute Gasteiger partial charge is 0.318 e. The minimum atomic E-state index is -1.01. The first-order chi connectivity index (χ1) is 9.41. The summed E-state index contributed by atoms with van der Waals surface area (Å²) < 4.78 is 25.3. The van der Waals surface area contributed by atoms with Gasteiger partial charge in [-0.25, -0.2) is 4.39 Å². The van der Waals surface area contributed by atoms with Gasteiger partial charge in [-0.15, -0.1) is 0 Å². The van der Waals surface area contributed by atoms with Crippen molar-refractivity contribution in [3.63, 3.8) is 0 Å². The molecule has 20 heavy (non-hydrogen) atoms. The minimum absolute atomic E-state index is 0.0868. The smallest absolute Gasteiger partial charge is 0.241 e. The number of carbonyl (C=O) groups excluding carboxylic acids is 1. The van der Waals surface area contributed by atoms with Gasteiger partial charge in [-0.05, 0) is 19.9 Å². The quantitative estimate of drug-likeness (QED) is 0.914. The first-order valence-electron chi connectivity index (χ1n) is 6.54. The highest BCUT2D eigenvalue weighted by atomic mass is 32.2. The maximum Gasteiger partial charge on any atom is 0.241 e. The molecule has 1 fully saturated rings. The fourth-order valence-electron chi connectivity index (χ4n) is 2.57. The first kappa shape index (κ1) is 15.1. The summed E-state index contributed by atoms with van der Waals surface area (Å²) in [6, 6.07) is 5.83. The Balaban J connectivity index is 2.33. The molecule has 0 radical (unpaired) electrons. The molecule has 1 heterocycles. The summed E-state index contributed by atoms with van der Waals surface area (Å²) in [6.45, 7) is 3.60. The van der Waals surface area contributed by atoms with Crippen molar-refractivity contribution in [2.45, 2.75) is 32.1 Å². The molecule has 0 aliphatic carbocycles. The number of amides is 1. The van der Waals surface area contributed by atoms with Gasteiger partial charge < -0.3 is 4.90 Å². The molecule has 1 aliphatic rings. The summed E-state index contributed by atoms with van der Waals surface area (Å²) in [5, 5.41) is 3.10. The van der Waals surface area contributed by atoms with E-state index in [0.29, 0.717) is 11.3 Å². The van der Waals surface area contributed by atoms with Crippen LogP contribution in [-0.2, 0) is 15.6 Å². The van der Waals surface area contributed by atoms with E-state index >= 15 is 0 Å². The van der Waals surface area contributed by atoms with Crippen LogP contribution in [0.3, 0.4) is 0 Å². The zero-order valence-corrected chi connectivity index (χ0v) is 12.6. The third kappa shape index (κ3) is 2.91. The molecule has 0 bridgehead atoms. The second kappa shape index (κ2) is 6.01. The Labute approximate surface area is 120 Å². The van der Waals surface area contributed by atoms with Crippen molar-refractivity contribution in [1.29, 1.82) is 0 Å². The average molecular weight is 298 g/mol. The van der Waals surface area contributed by atoms with Crippen LogP contribution in [0.1, 0.15) is 25.6 Å². The molecule has 0 saturated carbocycles. The van der Waals surface area contributed by atoms with Crippen molar-refractivity contribution in [2.75, 3.05) is 12.0 Å². The standard InChI is InChI=1S/C14H19FN2O2S/c1-9(8-20(3)19)17-13(16-10(2)14(17)18)11-6-4-5-7-12(11)15/h4-7,9-10,13,16H,8H2,1-3H3. The lowest BCUT2D eigenvalue weighted by Crippen LogP contribution is -2.41. The van der Waals surface area contributed by atoms with Crippen molar-refractivity contribution < 1.29 is 13.4 Å². The van der Waals surface area contributed by atoms with Gasteiger partial charge in [0.2, 0.25) is 5.91 Å². The van der Waals surface area contributed by atoms with E-state index in [1.165, 1.54) is 6.07 Å². The number of benzene rings is 1. The van der Waals surface area contributed by atoms with Gasteiger partial charge in [-0.3, -0.25) is 14.3 Å². The molecule has 1 amide bonds. The molecule has 1 N–H and O–H groups in total. The number of nitrogens with one attached hydrogen (secondary N) is 1.